The highest BCUT2D eigenvalue weighted by Crippen LogP contribution is 2.15. The highest BCUT2D eigenvalue weighted by molar-refractivity contribution is 5.85. The van der Waals surface area contributed by atoms with E-state index in [4.69, 9.17) is 4.74 Å². The van der Waals surface area contributed by atoms with Crippen molar-refractivity contribution in [3.63, 3.8) is 0 Å². The van der Waals surface area contributed by atoms with Gasteiger partial charge in [0.15, 0.2) is 0 Å². The molecule has 0 fully saturated rings. The minimum Gasteiger partial charge on any atom is -0.493 e. The van der Waals surface area contributed by atoms with Crippen LogP contribution in [0.4, 0.5) is 0 Å². The molecule has 0 unspecified atom stereocenters. The summed E-state index contributed by atoms with van der Waals surface area (Å²) >= 11 is 0. The second-order valence-corrected chi connectivity index (χ2v) is 3.07. The fraction of sp³-hybridized carbons (Fsp3) is 0.455. The van der Waals surface area contributed by atoms with Crippen molar-refractivity contribution in [2.24, 2.45) is 0 Å². The van der Waals surface area contributed by atoms with Gasteiger partial charge in [-0.05, 0) is 38.6 Å². The number of hydrogen-bond acceptors (Lipinski definition) is 2. The molecule has 80 valence electrons. The van der Waals surface area contributed by atoms with Crippen LogP contribution in [0, 0.1) is 6.92 Å². The van der Waals surface area contributed by atoms with Crippen LogP contribution in [0.25, 0.3) is 0 Å². The average molecular weight is 216 g/mol. The largest absolute Gasteiger partial charge is 0.493 e. The van der Waals surface area contributed by atoms with Crippen LogP contribution in [0.15, 0.2) is 24.3 Å². The van der Waals surface area contributed by atoms with Gasteiger partial charge in [-0.15, -0.1) is 12.4 Å². The number of aryl methyl sites for hydroxylation is 1. The number of nitrogens with one attached hydrogen (secondary N) is 1. The van der Waals surface area contributed by atoms with Crippen LogP contribution >= 0.6 is 12.4 Å². The molecule has 0 aliphatic heterocycles. The third kappa shape index (κ3) is 4.49. The average Bonchev–Trinajstić information content (AvgIpc) is 2.15. The number of benzene rings is 1. The maximum absolute atomic E-state index is 5.60. The van der Waals surface area contributed by atoms with Gasteiger partial charge in [-0.3, -0.25) is 0 Å². The molecule has 1 aromatic rings. The van der Waals surface area contributed by atoms with Crippen LogP contribution in [0.5, 0.6) is 5.75 Å². The Hall–Kier alpha value is -0.730. The summed E-state index contributed by atoms with van der Waals surface area (Å²) in [7, 11) is 1.95. The van der Waals surface area contributed by atoms with Gasteiger partial charge in [-0.25, -0.2) is 0 Å². The lowest BCUT2D eigenvalue weighted by Crippen LogP contribution is -2.11. The summed E-state index contributed by atoms with van der Waals surface area (Å²) < 4.78 is 5.60. The highest BCUT2D eigenvalue weighted by Gasteiger charge is 1.95. The van der Waals surface area contributed by atoms with Gasteiger partial charge in [-0.1, -0.05) is 18.2 Å². The van der Waals surface area contributed by atoms with Gasteiger partial charge in [0, 0.05) is 0 Å². The molecule has 1 N–H and O–H groups in total. The first-order chi connectivity index (χ1) is 6.34. The third-order valence-electron chi connectivity index (χ3n) is 1.92. The summed E-state index contributed by atoms with van der Waals surface area (Å²) in [6.45, 7) is 3.85. The molecule has 2 nitrogen and oxygen atoms in total. The van der Waals surface area contributed by atoms with E-state index in [1.807, 2.05) is 25.2 Å². The standard InChI is InChI=1S/C11H17NO.ClH/c1-10-6-3-4-7-11(10)13-9-5-8-12-2;/h3-4,6-7,12H,5,8-9H2,1-2H3;1H. The summed E-state index contributed by atoms with van der Waals surface area (Å²) in [6, 6.07) is 8.10. The number of para-hydroxylation sites is 1. The highest BCUT2D eigenvalue weighted by atomic mass is 35.5. The maximum atomic E-state index is 5.60. The number of rotatable bonds is 5. The van der Waals surface area contributed by atoms with Crippen molar-refractivity contribution in [1.82, 2.24) is 5.32 Å². The quantitative estimate of drug-likeness (QED) is 0.762. The van der Waals surface area contributed by atoms with E-state index >= 15 is 0 Å². The van der Waals surface area contributed by atoms with Crippen molar-refractivity contribution < 1.29 is 4.74 Å². The fourth-order valence-electron chi connectivity index (χ4n) is 1.15. The van der Waals surface area contributed by atoms with Gasteiger partial charge >= 0.3 is 0 Å². The van der Waals surface area contributed by atoms with Gasteiger partial charge in [-0.2, -0.15) is 0 Å². The normalized spacial score (nSPS) is 9.29. The van der Waals surface area contributed by atoms with E-state index in [0.717, 1.165) is 25.3 Å². The Bertz CT molecular complexity index is 253. The Balaban J connectivity index is 0.00000169. The van der Waals surface area contributed by atoms with Crippen molar-refractivity contribution in [3.8, 4) is 5.75 Å². The lowest BCUT2D eigenvalue weighted by Gasteiger charge is -2.07. The monoisotopic (exact) mass is 215 g/mol. The molecule has 14 heavy (non-hydrogen) atoms. The summed E-state index contributed by atoms with van der Waals surface area (Å²) in [5.41, 5.74) is 1.20. The molecule has 1 rings (SSSR count). The van der Waals surface area contributed by atoms with Crippen LogP contribution in [0.3, 0.4) is 0 Å². The maximum Gasteiger partial charge on any atom is 0.122 e. The van der Waals surface area contributed by atoms with Crippen molar-refractivity contribution in [2.75, 3.05) is 20.2 Å². The molecule has 0 bridgehead atoms. The second kappa shape index (κ2) is 7.65. The number of halogens is 1. The Morgan fingerprint density at radius 1 is 1.29 bits per heavy atom. The van der Waals surface area contributed by atoms with E-state index in [9.17, 15) is 0 Å². The molecule has 1 aromatic carbocycles. The molecule has 0 aromatic heterocycles. The molecule has 0 saturated carbocycles. The van der Waals surface area contributed by atoms with E-state index in [2.05, 4.69) is 18.3 Å². The van der Waals surface area contributed by atoms with Gasteiger partial charge in [0.05, 0.1) is 6.61 Å². The lowest BCUT2D eigenvalue weighted by atomic mass is 10.2. The van der Waals surface area contributed by atoms with E-state index in [0.29, 0.717) is 0 Å². The molecule has 0 spiro atoms. The van der Waals surface area contributed by atoms with Crippen LogP contribution < -0.4 is 10.1 Å². The molecular weight excluding hydrogens is 198 g/mol. The zero-order valence-corrected chi connectivity index (χ0v) is 9.56. The predicted octanol–water partition coefficient (Wildman–Crippen LogP) is 2.41. The van der Waals surface area contributed by atoms with Crippen LogP contribution in [0.1, 0.15) is 12.0 Å². The Labute approximate surface area is 92.1 Å². The van der Waals surface area contributed by atoms with Crippen LogP contribution in [-0.2, 0) is 0 Å². The topological polar surface area (TPSA) is 21.3 Å². The zero-order valence-electron chi connectivity index (χ0n) is 8.75. The van der Waals surface area contributed by atoms with Crippen LogP contribution in [-0.4, -0.2) is 20.2 Å². The van der Waals surface area contributed by atoms with E-state index in [1.165, 1.54) is 5.56 Å². The molecule has 0 atom stereocenters. The third-order valence-corrected chi connectivity index (χ3v) is 1.92. The minimum atomic E-state index is 0. The van der Waals surface area contributed by atoms with E-state index in [1.54, 1.807) is 0 Å². The van der Waals surface area contributed by atoms with Gasteiger partial charge in [0.1, 0.15) is 5.75 Å². The van der Waals surface area contributed by atoms with E-state index in [-0.39, 0.29) is 12.4 Å². The van der Waals surface area contributed by atoms with Gasteiger partial charge in [0.2, 0.25) is 0 Å². The predicted molar refractivity (Wildman–Crippen MR) is 62.5 cm³/mol. The molecular formula is C11H18ClNO. The zero-order chi connectivity index (χ0) is 9.52. The number of ether oxygens (including phenoxy) is 1. The van der Waals surface area contributed by atoms with Gasteiger partial charge < -0.3 is 10.1 Å². The summed E-state index contributed by atoms with van der Waals surface area (Å²) in [6.07, 6.45) is 1.05. The van der Waals surface area contributed by atoms with Crippen molar-refractivity contribution in [1.29, 1.82) is 0 Å². The Morgan fingerprint density at radius 3 is 2.64 bits per heavy atom. The Kier molecular flexibility index (Phi) is 7.25. The second-order valence-electron chi connectivity index (χ2n) is 3.07. The van der Waals surface area contributed by atoms with Gasteiger partial charge in [0.25, 0.3) is 0 Å². The fourth-order valence-corrected chi connectivity index (χ4v) is 1.15. The smallest absolute Gasteiger partial charge is 0.122 e. The molecule has 0 aliphatic rings. The number of hydrogen-bond donors (Lipinski definition) is 1. The molecule has 0 aliphatic carbocycles. The van der Waals surface area contributed by atoms with E-state index < -0.39 is 0 Å². The molecule has 0 amide bonds. The first-order valence-corrected chi connectivity index (χ1v) is 4.67. The molecule has 0 heterocycles. The summed E-state index contributed by atoms with van der Waals surface area (Å²) in [5.74, 6) is 0.999. The molecule has 0 saturated heterocycles. The molecule has 0 radical (unpaired) electrons. The lowest BCUT2D eigenvalue weighted by molar-refractivity contribution is 0.308. The van der Waals surface area contributed by atoms with Crippen molar-refractivity contribution >= 4 is 12.4 Å². The summed E-state index contributed by atoms with van der Waals surface area (Å²) in [4.78, 5) is 0. The van der Waals surface area contributed by atoms with Crippen LogP contribution in [0.2, 0.25) is 0 Å². The first kappa shape index (κ1) is 13.3. The first-order valence-electron chi connectivity index (χ1n) is 4.67. The van der Waals surface area contributed by atoms with Crippen molar-refractivity contribution in [3.05, 3.63) is 29.8 Å². The van der Waals surface area contributed by atoms with Crippen molar-refractivity contribution in [2.45, 2.75) is 13.3 Å². The Morgan fingerprint density at radius 2 is 2.00 bits per heavy atom. The summed E-state index contributed by atoms with van der Waals surface area (Å²) in [5, 5.41) is 3.09. The minimum absolute atomic E-state index is 0. The molecule has 3 heteroatoms. The SMILES string of the molecule is CNCCCOc1ccccc1C.Cl.